The van der Waals surface area contributed by atoms with Gasteiger partial charge in [0.05, 0.1) is 5.60 Å². The van der Waals surface area contributed by atoms with Crippen LogP contribution in [-0.4, -0.2) is 53.2 Å². The van der Waals surface area contributed by atoms with Crippen LogP contribution in [0.1, 0.15) is 18.7 Å². The van der Waals surface area contributed by atoms with Gasteiger partial charge >= 0.3 is 0 Å². The van der Waals surface area contributed by atoms with E-state index in [0.29, 0.717) is 0 Å². The molecule has 0 radical (unpaired) electrons. The van der Waals surface area contributed by atoms with Crippen molar-refractivity contribution >= 4 is 27.3 Å². The highest BCUT2D eigenvalue weighted by Crippen LogP contribution is 2.24. The van der Waals surface area contributed by atoms with Crippen LogP contribution in [0.4, 0.5) is 0 Å². The third kappa shape index (κ3) is 4.31. The Morgan fingerprint density at radius 2 is 1.89 bits per heavy atom. The molecule has 1 fully saturated rings. The maximum Gasteiger partial charge on any atom is 0.0718 e. The lowest BCUT2D eigenvalue weighted by atomic mass is 10.1. The fourth-order valence-electron chi connectivity index (χ4n) is 2.29. The number of piperazine rings is 1. The second kappa shape index (κ2) is 6.01. The molecule has 1 saturated heterocycles. The summed E-state index contributed by atoms with van der Waals surface area (Å²) in [5.41, 5.74) is -0.584. The Labute approximate surface area is 122 Å². The number of β-amino-alcohol motifs (C(OH)–C–C–N with tert-alkyl or cyclic N) is 1. The molecule has 2 heterocycles. The molecule has 0 unspecified atom stereocenters. The standard InChI is InChI=1S/C13H21BrN2OS/c1-13(2,17)10-16-6-4-15(5-7-16)9-12-11(14)3-8-18-12/h3,8,17H,4-7,9-10H2,1-2H3. The summed E-state index contributed by atoms with van der Waals surface area (Å²) >= 11 is 5.40. The molecule has 102 valence electrons. The third-order valence-corrected chi connectivity index (χ3v) is 5.04. The first-order valence-corrected chi connectivity index (χ1v) is 8.00. The van der Waals surface area contributed by atoms with Crippen molar-refractivity contribution in [3.63, 3.8) is 0 Å². The maximum atomic E-state index is 9.82. The zero-order valence-electron chi connectivity index (χ0n) is 11.0. The lowest BCUT2D eigenvalue weighted by molar-refractivity contribution is 0.0168. The molecular formula is C13H21BrN2OS. The first-order valence-electron chi connectivity index (χ1n) is 6.33. The van der Waals surface area contributed by atoms with E-state index in [1.165, 1.54) is 9.35 Å². The number of rotatable bonds is 4. The molecule has 1 aromatic rings. The Morgan fingerprint density at radius 1 is 1.28 bits per heavy atom. The van der Waals surface area contributed by atoms with Crippen LogP contribution < -0.4 is 0 Å². The molecule has 1 aromatic heterocycles. The van der Waals surface area contributed by atoms with Gasteiger partial charge in [-0.2, -0.15) is 0 Å². The monoisotopic (exact) mass is 332 g/mol. The topological polar surface area (TPSA) is 26.7 Å². The van der Waals surface area contributed by atoms with Gasteiger partial charge in [-0.1, -0.05) is 0 Å². The molecule has 0 saturated carbocycles. The Balaban J connectivity index is 1.79. The highest BCUT2D eigenvalue weighted by atomic mass is 79.9. The van der Waals surface area contributed by atoms with Crippen LogP contribution >= 0.6 is 27.3 Å². The van der Waals surface area contributed by atoms with Crippen molar-refractivity contribution in [2.24, 2.45) is 0 Å². The Bertz CT molecular complexity index is 381. The quantitative estimate of drug-likeness (QED) is 0.917. The summed E-state index contributed by atoms with van der Waals surface area (Å²) in [5, 5.41) is 11.9. The van der Waals surface area contributed by atoms with Gasteiger partial charge < -0.3 is 5.11 Å². The number of aliphatic hydroxyl groups is 1. The van der Waals surface area contributed by atoms with Crippen LogP contribution in [0.25, 0.3) is 0 Å². The van der Waals surface area contributed by atoms with Crippen molar-refractivity contribution in [2.75, 3.05) is 32.7 Å². The van der Waals surface area contributed by atoms with Crippen LogP contribution in [0, 0.1) is 0 Å². The number of halogens is 1. The molecule has 0 aromatic carbocycles. The third-order valence-electron chi connectivity index (χ3n) is 3.13. The summed E-state index contributed by atoms with van der Waals surface area (Å²) in [7, 11) is 0. The summed E-state index contributed by atoms with van der Waals surface area (Å²) in [6.07, 6.45) is 0. The van der Waals surface area contributed by atoms with Crippen molar-refractivity contribution in [2.45, 2.75) is 26.0 Å². The van der Waals surface area contributed by atoms with Crippen molar-refractivity contribution in [1.29, 1.82) is 0 Å². The zero-order chi connectivity index (χ0) is 13.2. The minimum atomic E-state index is -0.584. The number of thiophene rings is 1. The molecule has 1 aliphatic rings. The van der Waals surface area contributed by atoms with Gasteiger partial charge in [0.15, 0.2) is 0 Å². The minimum Gasteiger partial charge on any atom is -0.389 e. The second-order valence-corrected chi connectivity index (χ2v) is 7.41. The van der Waals surface area contributed by atoms with Crippen LogP contribution in [0.3, 0.4) is 0 Å². The SMILES string of the molecule is CC(C)(O)CN1CCN(Cc2sccc2Br)CC1. The summed E-state index contributed by atoms with van der Waals surface area (Å²) in [6, 6.07) is 2.12. The van der Waals surface area contributed by atoms with Gasteiger partial charge in [0.1, 0.15) is 0 Å². The summed E-state index contributed by atoms with van der Waals surface area (Å²) in [5.74, 6) is 0. The van der Waals surface area contributed by atoms with Crippen LogP contribution in [0.5, 0.6) is 0 Å². The highest BCUT2D eigenvalue weighted by molar-refractivity contribution is 9.10. The van der Waals surface area contributed by atoms with E-state index in [-0.39, 0.29) is 0 Å². The molecule has 0 amide bonds. The Kier molecular flexibility index (Phi) is 4.83. The van der Waals surface area contributed by atoms with E-state index in [2.05, 4.69) is 37.2 Å². The van der Waals surface area contributed by atoms with Crippen LogP contribution in [0.2, 0.25) is 0 Å². The lowest BCUT2D eigenvalue weighted by Crippen LogP contribution is -2.50. The van der Waals surface area contributed by atoms with Crippen molar-refractivity contribution in [3.8, 4) is 0 Å². The van der Waals surface area contributed by atoms with E-state index in [9.17, 15) is 5.11 Å². The normalized spacial score (nSPS) is 19.3. The van der Waals surface area contributed by atoms with Gasteiger partial charge in [-0.3, -0.25) is 9.80 Å². The molecule has 0 spiro atoms. The van der Waals surface area contributed by atoms with E-state index < -0.39 is 5.60 Å². The van der Waals surface area contributed by atoms with E-state index >= 15 is 0 Å². The van der Waals surface area contributed by atoms with Gasteiger partial charge in [-0.25, -0.2) is 0 Å². The van der Waals surface area contributed by atoms with Crippen LogP contribution in [0.15, 0.2) is 15.9 Å². The first-order chi connectivity index (χ1) is 8.44. The predicted molar refractivity (Wildman–Crippen MR) is 80.0 cm³/mol. The molecule has 0 bridgehead atoms. The molecule has 0 atom stereocenters. The minimum absolute atomic E-state index is 0.584. The highest BCUT2D eigenvalue weighted by Gasteiger charge is 2.23. The fourth-order valence-corrected chi connectivity index (χ4v) is 3.81. The van der Waals surface area contributed by atoms with Gasteiger partial charge in [-0.05, 0) is 41.2 Å². The molecule has 5 heteroatoms. The van der Waals surface area contributed by atoms with Gasteiger partial charge in [-0.15, -0.1) is 11.3 Å². The predicted octanol–water partition coefficient (Wildman–Crippen LogP) is 2.40. The Morgan fingerprint density at radius 3 is 2.39 bits per heavy atom. The largest absolute Gasteiger partial charge is 0.389 e. The van der Waals surface area contributed by atoms with Crippen molar-refractivity contribution < 1.29 is 5.11 Å². The van der Waals surface area contributed by atoms with Crippen LogP contribution in [-0.2, 0) is 6.54 Å². The summed E-state index contributed by atoms with van der Waals surface area (Å²) in [4.78, 5) is 6.24. The first kappa shape index (κ1) is 14.5. The molecule has 18 heavy (non-hydrogen) atoms. The number of hydrogen-bond acceptors (Lipinski definition) is 4. The Hall–Kier alpha value is 0.0600. The van der Waals surface area contributed by atoms with E-state index in [1.54, 1.807) is 0 Å². The maximum absolute atomic E-state index is 9.82. The zero-order valence-corrected chi connectivity index (χ0v) is 13.4. The molecule has 1 aliphatic heterocycles. The molecular weight excluding hydrogens is 312 g/mol. The summed E-state index contributed by atoms with van der Waals surface area (Å²) < 4.78 is 1.23. The van der Waals surface area contributed by atoms with Gasteiger partial charge in [0.25, 0.3) is 0 Å². The van der Waals surface area contributed by atoms with Gasteiger partial charge in [0, 0.05) is 48.6 Å². The lowest BCUT2D eigenvalue weighted by Gasteiger charge is -2.37. The van der Waals surface area contributed by atoms with E-state index in [1.807, 2.05) is 25.2 Å². The number of nitrogens with zero attached hydrogens (tertiary/aromatic N) is 2. The van der Waals surface area contributed by atoms with Crippen molar-refractivity contribution in [1.82, 2.24) is 9.80 Å². The molecule has 2 rings (SSSR count). The van der Waals surface area contributed by atoms with E-state index in [0.717, 1.165) is 39.3 Å². The van der Waals surface area contributed by atoms with Crippen molar-refractivity contribution in [3.05, 3.63) is 20.8 Å². The van der Waals surface area contributed by atoms with E-state index in [4.69, 9.17) is 0 Å². The summed E-state index contributed by atoms with van der Waals surface area (Å²) in [6.45, 7) is 9.82. The molecule has 3 nitrogen and oxygen atoms in total. The fraction of sp³-hybridized carbons (Fsp3) is 0.692. The second-order valence-electron chi connectivity index (χ2n) is 5.56. The number of hydrogen-bond donors (Lipinski definition) is 1. The average molecular weight is 333 g/mol. The molecule has 1 N–H and O–H groups in total. The molecule has 0 aliphatic carbocycles. The smallest absolute Gasteiger partial charge is 0.0718 e. The van der Waals surface area contributed by atoms with Gasteiger partial charge in [0.2, 0.25) is 0 Å². The average Bonchev–Trinajstić information content (AvgIpc) is 2.65.